The predicted octanol–water partition coefficient (Wildman–Crippen LogP) is 2.48. The standard InChI is InChI=1S/C16H13NO4/c1-21-11-8-6-10(7-9-11)17-14(16(19)20)12-4-2-3-5-13(12)15(17)18/h2-9,14H,1H3,(H,19,20). The van der Waals surface area contributed by atoms with Gasteiger partial charge in [0.2, 0.25) is 0 Å². The van der Waals surface area contributed by atoms with E-state index < -0.39 is 12.0 Å². The molecule has 21 heavy (non-hydrogen) atoms. The van der Waals surface area contributed by atoms with Gasteiger partial charge < -0.3 is 9.84 Å². The number of aliphatic carboxylic acids is 1. The van der Waals surface area contributed by atoms with Crippen LogP contribution in [0, 0.1) is 0 Å². The van der Waals surface area contributed by atoms with Gasteiger partial charge in [0.15, 0.2) is 6.04 Å². The van der Waals surface area contributed by atoms with Crippen molar-refractivity contribution >= 4 is 17.6 Å². The van der Waals surface area contributed by atoms with Crippen LogP contribution in [0.5, 0.6) is 5.75 Å². The molecule has 0 aliphatic carbocycles. The van der Waals surface area contributed by atoms with Crippen molar-refractivity contribution in [2.24, 2.45) is 0 Å². The fourth-order valence-corrected chi connectivity index (χ4v) is 2.57. The van der Waals surface area contributed by atoms with Gasteiger partial charge in [-0.3, -0.25) is 9.69 Å². The van der Waals surface area contributed by atoms with E-state index in [-0.39, 0.29) is 5.91 Å². The van der Waals surface area contributed by atoms with Crippen LogP contribution >= 0.6 is 0 Å². The number of benzene rings is 2. The predicted molar refractivity (Wildman–Crippen MR) is 76.6 cm³/mol. The highest BCUT2D eigenvalue weighted by atomic mass is 16.5. The first kappa shape index (κ1) is 13.2. The second kappa shape index (κ2) is 4.94. The van der Waals surface area contributed by atoms with Crippen molar-refractivity contribution in [2.75, 3.05) is 12.0 Å². The summed E-state index contributed by atoms with van der Waals surface area (Å²) in [5.74, 6) is -0.706. The molecule has 0 saturated heterocycles. The monoisotopic (exact) mass is 283 g/mol. The molecule has 1 aliphatic rings. The topological polar surface area (TPSA) is 66.8 Å². The molecule has 1 heterocycles. The minimum Gasteiger partial charge on any atom is -0.497 e. The molecule has 1 N–H and O–H groups in total. The van der Waals surface area contributed by atoms with Crippen molar-refractivity contribution in [2.45, 2.75) is 6.04 Å². The van der Waals surface area contributed by atoms with E-state index in [0.717, 1.165) is 0 Å². The Morgan fingerprint density at radius 3 is 2.43 bits per heavy atom. The molecule has 2 aromatic carbocycles. The van der Waals surface area contributed by atoms with Crippen molar-refractivity contribution in [3.63, 3.8) is 0 Å². The minimum absolute atomic E-state index is 0.303. The summed E-state index contributed by atoms with van der Waals surface area (Å²) >= 11 is 0. The molecule has 1 unspecified atom stereocenters. The maximum Gasteiger partial charge on any atom is 0.331 e. The summed E-state index contributed by atoms with van der Waals surface area (Å²) in [6.45, 7) is 0. The van der Waals surface area contributed by atoms with Crippen LogP contribution < -0.4 is 9.64 Å². The Balaban J connectivity index is 2.09. The molecule has 1 aliphatic heterocycles. The van der Waals surface area contributed by atoms with Crippen LogP contribution in [0.1, 0.15) is 22.0 Å². The number of hydrogen-bond acceptors (Lipinski definition) is 3. The summed E-state index contributed by atoms with van der Waals surface area (Å²) in [4.78, 5) is 25.4. The zero-order valence-electron chi connectivity index (χ0n) is 11.3. The largest absolute Gasteiger partial charge is 0.497 e. The SMILES string of the molecule is COc1ccc(N2C(=O)c3ccccc3C2C(=O)O)cc1. The lowest BCUT2D eigenvalue weighted by atomic mass is 10.1. The number of nitrogens with zero attached hydrogens (tertiary/aromatic N) is 1. The normalized spacial score (nSPS) is 16.7. The molecule has 0 fully saturated rings. The average molecular weight is 283 g/mol. The van der Waals surface area contributed by atoms with Crippen LogP contribution in [0.2, 0.25) is 0 Å². The van der Waals surface area contributed by atoms with Gasteiger partial charge in [-0.1, -0.05) is 18.2 Å². The molecule has 5 nitrogen and oxygen atoms in total. The van der Waals surface area contributed by atoms with Gasteiger partial charge in [0.05, 0.1) is 7.11 Å². The van der Waals surface area contributed by atoms with E-state index in [9.17, 15) is 14.7 Å². The highest BCUT2D eigenvalue weighted by Crippen LogP contribution is 2.37. The summed E-state index contributed by atoms with van der Waals surface area (Å²) in [6.07, 6.45) is 0. The highest BCUT2D eigenvalue weighted by molar-refractivity contribution is 6.14. The number of carboxylic acid groups (broad SMARTS) is 1. The second-order valence-electron chi connectivity index (χ2n) is 4.70. The third-order valence-electron chi connectivity index (χ3n) is 3.55. The summed E-state index contributed by atoms with van der Waals surface area (Å²) in [5, 5.41) is 9.49. The van der Waals surface area contributed by atoms with Crippen LogP contribution in [0.3, 0.4) is 0 Å². The Morgan fingerprint density at radius 2 is 1.81 bits per heavy atom. The quantitative estimate of drug-likeness (QED) is 0.939. The molecule has 0 saturated carbocycles. The zero-order valence-corrected chi connectivity index (χ0v) is 11.3. The second-order valence-corrected chi connectivity index (χ2v) is 4.70. The third-order valence-corrected chi connectivity index (χ3v) is 3.55. The lowest BCUT2D eigenvalue weighted by Gasteiger charge is -2.22. The van der Waals surface area contributed by atoms with Crippen LogP contribution in [-0.4, -0.2) is 24.1 Å². The Morgan fingerprint density at radius 1 is 1.14 bits per heavy atom. The van der Waals surface area contributed by atoms with Crippen molar-refractivity contribution in [3.8, 4) is 5.75 Å². The number of carboxylic acids is 1. The highest BCUT2D eigenvalue weighted by Gasteiger charge is 2.41. The number of amides is 1. The van der Waals surface area contributed by atoms with E-state index >= 15 is 0 Å². The molecular weight excluding hydrogens is 270 g/mol. The fraction of sp³-hybridized carbons (Fsp3) is 0.125. The van der Waals surface area contributed by atoms with Gasteiger partial charge in [-0.2, -0.15) is 0 Å². The average Bonchev–Trinajstić information content (AvgIpc) is 2.81. The van der Waals surface area contributed by atoms with Gasteiger partial charge in [0, 0.05) is 11.3 Å². The zero-order chi connectivity index (χ0) is 15.0. The summed E-state index contributed by atoms with van der Waals surface area (Å²) < 4.78 is 5.08. The molecule has 3 rings (SSSR count). The number of hydrogen-bond donors (Lipinski definition) is 1. The first-order chi connectivity index (χ1) is 10.1. The molecular formula is C16H13NO4. The van der Waals surface area contributed by atoms with Crippen molar-refractivity contribution in [3.05, 3.63) is 59.7 Å². The lowest BCUT2D eigenvalue weighted by molar-refractivity contribution is -0.138. The Hall–Kier alpha value is -2.82. The van der Waals surface area contributed by atoms with Gasteiger partial charge in [0.1, 0.15) is 5.75 Å². The number of carbonyl (C=O) groups excluding carboxylic acids is 1. The van der Waals surface area contributed by atoms with E-state index in [2.05, 4.69) is 0 Å². The van der Waals surface area contributed by atoms with Gasteiger partial charge in [0.25, 0.3) is 5.91 Å². The molecule has 0 radical (unpaired) electrons. The van der Waals surface area contributed by atoms with Crippen molar-refractivity contribution in [1.29, 1.82) is 0 Å². The number of methoxy groups -OCH3 is 1. The summed E-state index contributed by atoms with van der Waals surface area (Å²) in [6, 6.07) is 12.5. The van der Waals surface area contributed by atoms with Crippen molar-refractivity contribution in [1.82, 2.24) is 0 Å². The number of fused-ring (bicyclic) bond motifs is 1. The van der Waals surface area contributed by atoms with E-state index in [1.165, 1.54) is 4.90 Å². The minimum atomic E-state index is -1.05. The van der Waals surface area contributed by atoms with E-state index in [1.54, 1.807) is 55.6 Å². The number of rotatable bonds is 3. The Kier molecular flexibility index (Phi) is 3.10. The van der Waals surface area contributed by atoms with Crippen LogP contribution in [0.25, 0.3) is 0 Å². The number of ether oxygens (including phenoxy) is 1. The summed E-state index contributed by atoms with van der Waals surface area (Å²) in [5.41, 5.74) is 1.48. The molecule has 0 spiro atoms. The van der Waals surface area contributed by atoms with E-state index in [0.29, 0.717) is 22.6 Å². The van der Waals surface area contributed by atoms with E-state index in [1.807, 2.05) is 0 Å². The molecule has 2 aromatic rings. The maximum atomic E-state index is 12.5. The van der Waals surface area contributed by atoms with Crippen molar-refractivity contribution < 1.29 is 19.4 Å². The van der Waals surface area contributed by atoms with Gasteiger partial charge in [-0.25, -0.2) is 4.79 Å². The Labute approximate surface area is 121 Å². The van der Waals surface area contributed by atoms with Gasteiger partial charge in [-0.05, 0) is 35.9 Å². The fourth-order valence-electron chi connectivity index (χ4n) is 2.57. The number of carbonyl (C=O) groups is 2. The number of anilines is 1. The molecule has 0 aromatic heterocycles. The molecule has 1 atom stereocenters. The molecule has 0 bridgehead atoms. The smallest absolute Gasteiger partial charge is 0.331 e. The van der Waals surface area contributed by atoms with Gasteiger partial charge >= 0.3 is 5.97 Å². The first-order valence-corrected chi connectivity index (χ1v) is 6.43. The maximum absolute atomic E-state index is 12.5. The van der Waals surface area contributed by atoms with Crippen LogP contribution in [-0.2, 0) is 4.79 Å². The van der Waals surface area contributed by atoms with E-state index in [4.69, 9.17) is 4.74 Å². The van der Waals surface area contributed by atoms with Crippen LogP contribution in [0.15, 0.2) is 48.5 Å². The van der Waals surface area contributed by atoms with Gasteiger partial charge in [-0.15, -0.1) is 0 Å². The Bertz CT molecular complexity index is 708. The third kappa shape index (κ3) is 2.03. The summed E-state index contributed by atoms with van der Waals surface area (Å²) in [7, 11) is 1.55. The lowest BCUT2D eigenvalue weighted by Crippen LogP contribution is -2.32. The first-order valence-electron chi connectivity index (χ1n) is 6.43. The van der Waals surface area contributed by atoms with Crippen LogP contribution in [0.4, 0.5) is 5.69 Å². The molecule has 106 valence electrons. The molecule has 1 amide bonds. The molecule has 5 heteroatoms.